The minimum atomic E-state index is -1.16. The van der Waals surface area contributed by atoms with E-state index < -0.39 is 16.9 Å². The number of nitro groups is 1. The standard InChI is InChI=1S/C12H14N4O4/c1-5-7(4-8(14)12(17)18)11-9(15-5)2-6(13)3-10(11)16(19)20/h2-3,8,15H,4,13-14H2,1H3,(H,17,18). The van der Waals surface area contributed by atoms with Gasteiger partial charge in [0.15, 0.2) is 0 Å². The van der Waals surface area contributed by atoms with Crippen molar-refractivity contribution < 1.29 is 14.8 Å². The van der Waals surface area contributed by atoms with E-state index in [1.807, 2.05) is 0 Å². The molecule has 6 N–H and O–H groups in total. The lowest BCUT2D eigenvalue weighted by Gasteiger charge is -2.07. The van der Waals surface area contributed by atoms with Gasteiger partial charge in [0.1, 0.15) is 6.04 Å². The number of aliphatic carboxylic acids is 1. The summed E-state index contributed by atoms with van der Waals surface area (Å²) in [6, 6.07) is 1.71. The molecule has 1 aromatic carbocycles. The molecule has 1 unspecified atom stereocenters. The molecule has 0 spiro atoms. The van der Waals surface area contributed by atoms with Crippen LogP contribution in [0.25, 0.3) is 10.9 Å². The number of hydrogen-bond acceptors (Lipinski definition) is 5. The summed E-state index contributed by atoms with van der Waals surface area (Å²) in [4.78, 5) is 24.4. The summed E-state index contributed by atoms with van der Waals surface area (Å²) in [7, 11) is 0. The number of anilines is 1. The number of rotatable bonds is 4. The Balaban J connectivity index is 2.68. The van der Waals surface area contributed by atoms with Gasteiger partial charge >= 0.3 is 5.97 Å². The van der Waals surface area contributed by atoms with Crippen LogP contribution in [0.4, 0.5) is 11.4 Å². The molecule has 20 heavy (non-hydrogen) atoms. The van der Waals surface area contributed by atoms with Crippen molar-refractivity contribution in [1.82, 2.24) is 4.98 Å². The first-order valence-corrected chi connectivity index (χ1v) is 5.84. The summed E-state index contributed by atoms with van der Waals surface area (Å²) < 4.78 is 0. The van der Waals surface area contributed by atoms with Crippen molar-refractivity contribution in [3.8, 4) is 0 Å². The summed E-state index contributed by atoms with van der Waals surface area (Å²) in [5, 5.41) is 20.4. The quantitative estimate of drug-likeness (QED) is 0.371. The fraction of sp³-hybridized carbons (Fsp3) is 0.250. The number of benzene rings is 1. The first kappa shape index (κ1) is 13.8. The number of aromatic nitrogens is 1. The Morgan fingerprint density at radius 3 is 2.75 bits per heavy atom. The van der Waals surface area contributed by atoms with E-state index in [2.05, 4.69) is 4.98 Å². The summed E-state index contributed by atoms with van der Waals surface area (Å²) in [5.74, 6) is -1.16. The molecule has 0 aliphatic rings. The topological polar surface area (TPSA) is 148 Å². The predicted molar refractivity (Wildman–Crippen MR) is 73.4 cm³/mol. The largest absolute Gasteiger partial charge is 0.480 e. The molecule has 0 aliphatic heterocycles. The van der Waals surface area contributed by atoms with Gasteiger partial charge in [0.2, 0.25) is 0 Å². The van der Waals surface area contributed by atoms with Crippen LogP contribution >= 0.6 is 0 Å². The number of aryl methyl sites for hydroxylation is 1. The van der Waals surface area contributed by atoms with Gasteiger partial charge in [0, 0.05) is 23.9 Å². The molecule has 1 heterocycles. The lowest BCUT2D eigenvalue weighted by molar-refractivity contribution is -0.383. The second kappa shape index (κ2) is 4.82. The highest BCUT2D eigenvalue weighted by Crippen LogP contribution is 2.33. The molecule has 2 rings (SSSR count). The lowest BCUT2D eigenvalue weighted by atomic mass is 10.0. The minimum absolute atomic E-state index is 0.00588. The molecule has 0 amide bonds. The van der Waals surface area contributed by atoms with Gasteiger partial charge in [0.05, 0.1) is 15.8 Å². The van der Waals surface area contributed by atoms with Gasteiger partial charge in [-0.3, -0.25) is 14.9 Å². The minimum Gasteiger partial charge on any atom is -0.480 e. The zero-order valence-electron chi connectivity index (χ0n) is 10.7. The number of fused-ring (bicyclic) bond motifs is 1. The molecule has 0 aliphatic carbocycles. The van der Waals surface area contributed by atoms with E-state index in [-0.39, 0.29) is 17.8 Å². The van der Waals surface area contributed by atoms with Crippen molar-refractivity contribution in [2.24, 2.45) is 5.73 Å². The molecule has 8 heteroatoms. The van der Waals surface area contributed by atoms with E-state index in [1.165, 1.54) is 6.07 Å². The smallest absolute Gasteiger partial charge is 0.320 e. The number of carboxylic acid groups (broad SMARTS) is 1. The fourth-order valence-electron chi connectivity index (χ4n) is 2.24. The normalized spacial score (nSPS) is 12.5. The van der Waals surface area contributed by atoms with Crippen molar-refractivity contribution in [2.75, 3.05) is 5.73 Å². The number of aromatic amines is 1. The molecule has 0 saturated heterocycles. The number of nitrogen functional groups attached to an aromatic ring is 1. The van der Waals surface area contributed by atoms with Gasteiger partial charge in [-0.15, -0.1) is 0 Å². The summed E-state index contributed by atoms with van der Waals surface area (Å²) in [6.07, 6.45) is 0.00588. The maximum atomic E-state index is 11.1. The third-order valence-corrected chi connectivity index (χ3v) is 3.15. The molecular formula is C12H14N4O4. The number of nitrogens with one attached hydrogen (secondary N) is 1. The van der Waals surface area contributed by atoms with Gasteiger partial charge in [-0.25, -0.2) is 0 Å². The summed E-state index contributed by atoms with van der Waals surface area (Å²) in [5.41, 5.74) is 12.9. The first-order chi connectivity index (χ1) is 9.31. The van der Waals surface area contributed by atoms with Crippen LogP contribution in [0.5, 0.6) is 0 Å². The fourth-order valence-corrected chi connectivity index (χ4v) is 2.24. The number of nitro benzene ring substituents is 1. The highest BCUT2D eigenvalue weighted by molar-refractivity contribution is 5.95. The average Bonchev–Trinajstić information content (AvgIpc) is 2.64. The maximum Gasteiger partial charge on any atom is 0.320 e. The van der Waals surface area contributed by atoms with E-state index in [0.717, 1.165) is 0 Å². The lowest BCUT2D eigenvalue weighted by Crippen LogP contribution is -2.32. The second-order valence-corrected chi connectivity index (χ2v) is 4.60. The van der Waals surface area contributed by atoms with E-state index in [9.17, 15) is 14.9 Å². The van der Waals surface area contributed by atoms with Crippen LogP contribution in [0, 0.1) is 17.0 Å². The van der Waals surface area contributed by atoms with E-state index >= 15 is 0 Å². The molecule has 1 atom stereocenters. The monoisotopic (exact) mass is 278 g/mol. The Labute approximate surface area is 113 Å². The molecule has 0 radical (unpaired) electrons. The van der Waals surface area contributed by atoms with E-state index in [1.54, 1.807) is 13.0 Å². The Kier molecular flexibility index (Phi) is 3.33. The Hall–Kier alpha value is -2.61. The summed E-state index contributed by atoms with van der Waals surface area (Å²) in [6.45, 7) is 1.71. The molecule has 0 bridgehead atoms. The van der Waals surface area contributed by atoms with Gasteiger partial charge in [-0.05, 0) is 18.6 Å². The average molecular weight is 278 g/mol. The third-order valence-electron chi connectivity index (χ3n) is 3.15. The zero-order chi connectivity index (χ0) is 15.0. The molecule has 2 aromatic rings. The Morgan fingerprint density at radius 2 is 2.20 bits per heavy atom. The number of non-ortho nitro benzene ring substituents is 1. The van der Waals surface area contributed by atoms with Crippen LogP contribution in [-0.4, -0.2) is 27.0 Å². The molecule has 8 nitrogen and oxygen atoms in total. The predicted octanol–water partition coefficient (Wildman–Crippen LogP) is 0.921. The SMILES string of the molecule is Cc1[nH]c2cc(N)cc([N+](=O)[O-])c2c1CC(N)C(=O)O. The first-order valence-electron chi connectivity index (χ1n) is 5.84. The number of hydrogen-bond donors (Lipinski definition) is 4. The second-order valence-electron chi connectivity index (χ2n) is 4.60. The van der Waals surface area contributed by atoms with Crippen molar-refractivity contribution in [3.63, 3.8) is 0 Å². The van der Waals surface area contributed by atoms with Crippen LogP contribution in [0.2, 0.25) is 0 Å². The molecule has 0 fully saturated rings. The number of nitrogens with zero attached hydrogens (tertiary/aromatic N) is 1. The highest BCUT2D eigenvalue weighted by Gasteiger charge is 2.23. The van der Waals surface area contributed by atoms with Gasteiger partial charge in [-0.1, -0.05) is 0 Å². The van der Waals surface area contributed by atoms with Gasteiger partial charge in [0.25, 0.3) is 5.69 Å². The van der Waals surface area contributed by atoms with Crippen LogP contribution in [0.1, 0.15) is 11.3 Å². The Morgan fingerprint density at radius 1 is 1.55 bits per heavy atom. The van der Waals surface area contributed by atoms with Crippen LogP contribution < -0.4 is 11.5 Å². The molecular weight excluding hydrogens is 264 g/mol. The van der Waals surface area contributed by atoms with Gasteiger partial charge < -0.3 is 21.6 Å². The third kappa shape index (κ3) is 2.28. The number of H-pyrrole nitrogens is 1. The Bertz CT molecular complexity index is 707. The number of nitrogens with two attached hydrogens (primary N) is 2. The molecule has 1 aromatic heterocycles. The van der Waals surface area contributed by atoms with Crippen LogP contribution in [0.3, 0.4) is 0 Å². The van der Waals surface area contributed by atoms with E-state index in [4.69, 9.17) is 16.6 Å². The van der Waals surface area contributed by atoms with Crippen molar-refractivity contribution in [3.05, 3.63) is 33.5 Å². The van der Waals surface area contributed by atoms with Crippen molar-refractivity contribution >= 4 is 28.2 Å². The molecule has 106 valence electrons. The van der Waals surface area contributed by atoms with E-state index in [0.29, 0.717) is 22.2 Å². The molecule has 0 saturated carbocycles. The van der Waals surface area contributed by atoms with Crippen LogP contribution in [-0.2, 0) is 11.2 Å². The van der Waals surface area contributed by atoms with Gasteiger partial charge in [-0.2, -0.15) is 0 Å². The highest BCUT2D eigenvalue weighted by atomic mass is 16.6. The van der Waals surface area contributed by atoms with Crippen LogP contribution in [0.15, 0.2) is 12.1 Å². The maximum absolute atomic E-state index is 11.1. The summed E-state index contributed by atoms with van der Waals surface area (Å²) >= 11 is 0. The number of carbonyl (C=O) groups is 1. The zero-order valence-corrected chi connectivity index (χ0v) is 10.7. The van der Waals surface area contributed by atoms with Crippen molar-refractivity contribution in [2.45, 2.75) is 19.4 Å². The number of carboxylic acids is 1. The van der Waals surface area contributed by atoms with Crippen molar-refractivity contribution in [1.29, 1.82) is 0 Å².